The molecule has 0 aliphatic carbocycles. The lowest BCUT2D eigenvalue weighted by Crippen LogP contribution is -2.38. The van der Waals surface area contributed by atoms with Crippen LogP contribution in [-0.4, -0.2) is 21.7 Å². The number of cyclic esters (lactones) is 1. The Balaban J connectivity index is 2.00. The normalized spacial score (nSPS) is 15.5. The topological polar surface area (TPSA) is 91.6 Å². The predicted octanol–water partition coefficient (Wildman–Crippen LogP) is 2.94. The summed E-state index contributed by atoms with van der Waals surface area (Å²) in [5.41, 5.74) is 1.50. The van der Waals surface area contributed by atoms with E-state index in [0.717, 1.165) is 0 Å². The third-order valence-electron chi connectivity index (χ3n) is 3.15. The maximum Gasteiger partial charge on any atom is 0.346 e. The molecule has 7 nitrogen and oxygen atoms in total. The van der Waals surface area contributed by atoms with Crippen molar-refractivity contribution in [1.29, 1.82) is 0 Å². The molecule has 3 rings (SSSR count). The number of nitrogens with zero attached hydrogens (tertiary/aromatic N) is 2. The Hall–Kier alpha value is -2.96. The van der Waals surface area contributed by atoms with Crippen molar-refractivity contribution in [2.45, 2.75) is 19.6 Å². The fourth-order valence-corrected chi connectivity index (χ4v) is 2.15. The zero-order chi connectivity index (χ0) is 15.9. The highest BCUT2D eigenvalue weighted by molar-refractivity contribution is 5.93. The number of fused-ring (bicyclic) bond motifs is 1. The number of nitro benzene ring substituents is 1. The minimum absolute atomic E-state index is 0.00247. The van der Waals surface area contributed by atoms with Crippen LogP contribution in [0.2, 0.25) is 0 Å². The molecule has 0 saturated carbocycles. The van der Waals surface area contributed by atoms with Crippen LogP contribution in [0.25, 0.3) is 11.3 Å². The van der Waals surface area contributed by atoms with Gasteiger partial charge in [-0.2, -0.15) is 0 Å². The standard InChI is InChI=1S/C15H12N2O5/c1-15(2)21-13-7-12(16-8-11(13)14(18)22-15)9-3-5-10(6-4-9)17(19)20/h3-8H,1-2H3. The molecule has 1 aromatic heterocycles. The molecule has 2 aromatic rings. The van der Waals surface area contributed by atoms with E-state index in [1.54, 1.807) is 32.0 Å². The number of rotatable bonds is 2. The number of esters is 1. The van der Waals surface area contributed by atoms with E-state index in [1.807, 2.05) is 0 Å². The van der Waals surface area contributed by atoms with Gasteiger partial charge in [0.2, 0.25) is 5.79 Å². The third kappa shape index (κ3) is 2.48. The zero-order valence-electron chi connectivity index (χ0n) is 11.9. The molecule has 7 heteroatoms. The van der Waals surface area contributed by atoms with E-state index >= 15 is 0 Å². The molecule has 0 saturated heterocycles. The highest BCUT2D eigenvalue weighted by atomic mass is 16.7. The maximum atomic E-state index is 11.9. The first kappa shape index (κ1) is 14.0. The molecule has 0 amide bonds. The van der Waals surface area contributed by atoms with Crippen molar-refractivity contribution >= 4 is 11.7 Å². The Bertz CT molecular complexity index is 768. The van der Waals surface area contributed by atoms with Crippen molar-refractivity contribution in [2.24, 2.45) is 0 Å². The van der Waals surface area contributed by atoms with Crippen molar-refractivity contribution in [2.75, 3.05) is 0 Å². The van der Waals surface area contributed by atoms with Gasteiger partial charge in [0.15, 0.2) is 0 Å². The number of nitro groups is 1. The van der Waals surface area contributed by atoms with E-state index in [9.17, 15) is 14.9 Å². The van der Waals surface area contributed by atoms with Gasteiger partial charge in [0.1, 0.15) is 11.3 Å². The van der Waals surface area contributed by atoms with Crippen LogP contribution in [0.1, 0.15) is 24.2 Å². The monoisotopic (exact) mass is 300 g/mol. The molecule has 2 heterocycles. The van der Waals surface area contributed by atoms with E-state index in [-0.39, 0.29) is 11.3 Å². The lowest BCUT2D eigenvalue weighted by molar-refractivity contribution is -0.384. The summed E-state index contributed by atoms with van der Waals surface area (Å²) in [5.74, 6) is -1.16. The smallest absolute Gasteiger partial charge is 0.346 e. The summed E-state index contributed by atoms with van der Waals surface area (Å²) in [6.07, 6.45) is 1.38. The minimum atomic E-state index is -1.04. The fraction of sp³-hybridized carbons (Fsp3) is 0.200. The van der Waals surface area contributed by atoms with E-state index in [2.05, 4.69) is 4.98 Å². The highest BCUT2D eigenvalue weighted by Crippen LogP contribution is 2.33. The Morgan fingerprint density at radius 3 is 2.50 bits per heavy atom. The summed E-state index contributed by atoms with van der Waals surface area (Å²) < 4.78 is 10.7. The number of pyridine rings is 1. The van der Waals surface area contributed by atoms with Crippen LogP contribution >= 0.6 is 0 Å². The second-order valence-electron chi connectivity index (χ2n) is 5.26. The molecule has 112 valence electrons. The molecule has 0 fully saturated rings. The van der Waals surface area contributed by atoms with E-state index in [1.165, 1.54) is 18.3 Å². The van der Waals surface area contributed by atoms with Gasteiger partial charge in [0, 0.05) is 43.8 Å². The molecule has 0 spiro atoms. The predicted molar refractivity (Wildman–Crippen MR) is 76.4 cm³/mol. The van der Waals surface area contributed by atoms with Crippen molar-refractivity contribution < 1.29 is 19.2 Å². The number of ether oxygens (including phenoxy) is 2. The average molecular weight is 300 g/mol. The lowest BCUT2D eigenvalue weighted by atomic mass is 10.1. The van der Waals surface area contributed by atoms with Crippen LogP contribution in [0, 0.1) is 10.1 Å². The van der Waals surface area contributed by atoms with Crippen molar-refractivity contribution in [3.8, 4) is 17.0 Å². The lowest BCUT2D eigenvalue weighted by Gasteiger charge is -2.31. The SMILES string of the molecule is CC1(C)OC(=O)c2cnc(-c3ccc([N+](=O)[O-])cc3)cc2O1. The summed E-state index contributed by atoms with van der Waals surface area (Å²) in [5, 5.41) is 10.7. The summed E-state index contributed by atoms with van der Waals surface area (Å²) in [6, 6.07) is 7.61. The van der Waals surface area contributed by atoms with Crippen LogP contribution in [0.3, 0.4) is 0 Å². The molecule has 0 radical (unpaired) electrons. The number of non-ortho nitro benzene ring substituents is 1. The second kappa shape index (κ2) is 4.80. The zero-order valence-corrected chi connectivity index (χ0v) is 11.9. The molecule has 0 unspecified atom stereocenters. The molecule has 0 atom stereocenters. The fourth-order valence-electron chi connectivity index (χ4n) is 2.15. The van der Waals surface area contributed by atoms with Gasteiger partial charge in [-0.05, 0) is 12.1 Å². The molecule has 0 bridgehead atoms. The Morgan fingerprint density at radius 2 is 1.86 bits per heavy atom. The van der Waals surface area contributed by atoms with Crippen molar-refractivity contribution in [3.05, 3.63) is 52.2 Å². The number of carbonyl (C=O) groups excluding carboxylic acids is 1. The summed E-state index contributed by atoms with van der Waals surface area (Å²) in [4.78, 5) is 26.2. The van der Waals surface area contributed by atoms with Gasteiger partial charge in [0.05, 0.1) is 10.6 Å². The number of carbonyl (C=O) groups is 1. The Morgan fingerprint density at radius 1 is 1.18 bits per heavy atom. The number of hydrogen-bond donors (Lipinski definition) is 0. The molecule has 1 aromatic carbocycles. The second-order valence-corrected chi connectivity index (χ2v) is 5.26. The highest BCUT2D eigenvalue weighted by Gasteiger charge is 2.34. The maximum absolute atomic E-state index is 11.9. The summed E-state index contributed by atoms with van der Waals surface area (Å²) in [6.45, 7) is 3.28. The van der Waals surface area contributed by atoms with Gasteiger partial charge in [-0.3, -0.25) is 15.1 Å². The number of benzene rings is 1. The van der Waals surface area contributed by atoms with Gasteiger partial charge in [-0.15, -0.1) is 0 Å². The minimum Gasteiger partial charge on any atom is -0.452 e. The van der Waals surface area contributed by atoms with Gasteiger partial charge in [-0.1, -0.05) is 0 Å². The van der Waals surface area contributed by atoms with Crippen LogP contribution in [0.4, 0.5) is 5.69 Å². The number of hydrogen-bond acceptors (Lipinski definition) is 6. The van der Waals surface area contributed by atoms with E-state index < -0.39 is 16.7 Å². The van der Waals surface area contributed by atoms with Gasteiger partial charge < -0.3 is 9.47 Å². The average Bonchev–Trinajstić information content (AvgIpc) is 2.45. The van der Waals surface area contributed by atoms with Gasteiger partial charge in [0.25, 0.3) is 5.69 Å². The van der Waals surface area contributed by atoms with Crippen LogP contribution < -0.4 is 4.74 Å². The first-order valence-corrected chi connectivity index (χ1v) is 6.53. The van der Waals surface area contributed by atoms with Crippen LogP contribution in [-0.2, 0) is 4.74 Å². The summed E-state index contributed by atoms with van der Waals surface area (Å²) >= 11 is 0. The quantitative estimate of drug-likeness (QED) is 0.481. The Kier molecular flexibility index (Phi) is 3.05. The molecule has 22 heavy (non-hydrogen) atoms. The molecule has 1 aliphatic rings. The van der Waals surface area contributed by atoms with Crippen LogP contribution in [0.15, 0.2) is 36.5 Å². The van der Waals surface area contributed by atoms with Gasteiger partial charge >= 0.3 is 5.97 Å². The van der Waals surface area contributed by atoms with Crippen molar-refractivity contribution in [1.82, 2.24) is 4.98 Å². The first-order chi connectivity index (χ1) is 10.4. The number of aromatic nitrogens is 1. The van der Waals surface area contributed by atoms with Gasteiger partial charge in [-0.25, -0.2) is 4.79 Å². The van der Waals surface area contributed by atoms with E-state index in [0.29, 0.717) is 17.0 Å². The molecule has 1 aliphatic heterocycles. The third-order valence-corrected chi connectivity index (χ3v) is 3.15. The molecular formula is C15H12N2O5. The van der Waals surface area contributed by atoms with Crippen LogP contribution in [0.5, 0.6) is 5.75 Å². The van der Waals surface area contributed by atoms with E-state index in [4.69, 9.17) is 9.47 Å². The molecular weight excluding hydrogens is 288 g/mol. The van der Waals surface area contributed by atoms with Crippen molar-refractivity contribution in [3.63, 3.8) is 0 Å². The largest absolute Gasteiger partial charge is 0.452 e. The summed E-state index contributed by atoms with van der Waals surface area (Å²) in [7, 11) is 0. The first-order valence-electron chi connectivity index (χ1n) is 6.53. The molecule has 0 N–H and O–H groups in total. The Labute approximate surface area is 125 Å².